The van der Waals surface area contributed by atoms with Crippen molar-refractivity contribution in [1.29, 1.82) is 0 Å². The van der Waals surface area contributed by atoms with E-state index in [1.165, 1.54) is 11.1 Å². The maximum absolute atomic E-state index is 6.08. The van der Waals surface area contributed by atoms with Gasteiger partial charge in [-0.15, -0.1) is 24.0 Å². The fourth-order valence-corrected chi connectivity index (χ4v) is 3.07. The molecule has 1 heterocycles. The van der Waals surface area contributed by atoms with Crippen molar-refractivity contribution in [2.45, 2.75) is 24.9 Å². The Morgan fingerprint density at radius 2 is 2.29 bits per heavy atom. The molecule has 24 heavy (non-hydrogen) atoms. The largest absolute Gasteiger partial charge is 0.353 e. The van der Waals surface area contributed by atoms with E-state index in [9.17, 15) is 0 Å². The maximum atomic E-state index is 6.08. The summed E-state index contributed by atoms with van der Waals surface area (Å²) in [6.45, 7) is 0.780. The zero-order valence-electron chi connectivity index (χ0n) is 14.1. The van der Waals surface area contributed by atoms with E-state index in [0.717, 1.165) is 23.9 Å². The van der Waals surface area contributed by atoms with Crippen LogP contribution in [0.15, 0.2) is 41.7 Å². The summed E-state index contributed by atoms with van der Waals surface area (Å²) in [6, 6.07) is 8.53. The monoisotopic (exact) mass is 459 g/mol. The van der Waals surface area contributed by atoms with E-state index >= 15 is 0 Å². The van der Waals surface area contributed by atoms with Crippen molar-refractivity contribution in [3.05, 3.63) is 52.8 Å². The lowest BCUT2D eigenvalue weighted by Gasteiger charge is -2.21. The van der Waals surface area contributed by atoms with Crippen LogP contribution in [0.5, 0.6) is 0 Å². The minimum atomic E-state index is 0. The first-order chi connectivity index (χ1) is 11.1. The van der Waals surface area contributed by atoms with Crippen molar-refractivity contribution in [3.63, 3.8) is 0 Å². The molecule has 0 radical (unpaired) electrons. The highest BCUT2D eigenvalue weighted by molar-refractivity contribution is 14.0. The summed E-state index contributed by atoms with van der Waals surface area (Å²) in [5, 5.41) is 8.54. The standard InChI is InChI=1S/C17H22ClN5.HI/c1-19-17(22(2)10-12-9-20-23(3)11-12)21-16-8-15(16)13-5-4-6-14(18)7-13;/h4-7,9,11,15-16H,8,10H2,1-3H3,(H,19,21);1H. The smallest absolute Gasteiger partial charge is 0.193 e. The van der Waals surface area contributed by atoms with Crippen LogP contribution in [0.25, 0.3) is 0 Å². The summed E-state index contributed by atoms with van der Waals surface area (Å²) >= 11 is 6.08. The molecule has 2 unspecified atom stereocenters. The summed E-state index contributed by atoms with van der Waals surface area (Å²) in [6.07, 6.45) is 5.02. The topological polar surface area (TPSA) is 45.5 Å². The number of hydrogen-bond acceptors (Lipinski definition) is 2. The third kappa shape index (κ3) is 4.63. The Kier molecular flexibility index (Phi) is 6.51. The number of nitrogens with one attached hydrogen (secondary N) is 1. The van der Waals surface area contributed by atoms with Gasteiger partial charge in [-0.2, -0.15) is 5.10 Å². The van der Waals surface area contributed by atoms with Crippen LogP contribution in [-0.2, 0) is 13.6 Å². The van der Waals surface area contributed by atoms with Crippen molar-refractivity contribution in [3.8, 4) is 0 Å². The van der Waals surface area contributed by atoms with Crippen LogP contribution < -0.4 is 5.32 Å². The lowest BCUT2D eigenvalue weighted by molar-refractivity contribution is 0.475. The van der Waals surface area contributed by atoms with Crippen molar-refractivity contribution in [2.24, 2.45) is 12.0 Å². The minimum absolute atomic E-state index is 0. The number of aryl methyl sites for hydroxylation is 1. The summed E-state index contributed by atoms with van der Waals surface area (Å²) in [7, 11) is 5.79. The lowest BCUT2D eigenvalue weighted by Crippen LogP contribution is -2.40. The van der Waals surface area contributed by atoms with E-state index in [2.05, 4.69) is 32.4 Å². The average Bonchev–Trinajstić information content (AvgIpc) is 3.18. The Morgan fingerprint density at radius 3 is 2.92 bits per heavy atom. The Labute approximate surface area is 165 Å². The molecule has 0 spiro atoms. The molecule has 0 saturated heterocycles. The number of hydrogen-bond donors (Lipinski definition) is 1. The number of halogens is 2. The molecule has 1 saturated carbocycles. The van der Waals surface area contributed by atoms with Crippen molar-refractivity contribution in [1.82, 2.24) is 20.0 Å². The Morgan fingerprint density at radius 1 is 1.50 bits per heavy atom. The molecule has 0 amide bonds. The molecule has 2 atom stereocenters. The van der Waals surface area contributed by atoms with Gasteiger partial charge >= 0.3 is 0 Å². The number of guanidine groups is 1. The zero-order valence-corrected chi connectivity index (χ0v) is 17.2. The average molecular weight is 460 g/mol. The normalized spacial score (nSPS) is 19.6. The highest BCUT2D eigenvalue weighted by Gasteiger charge is 2.39. The van der Waals surface area contributed by atoms with Crippen LogP contribution in [0.1, 0.15) is 23.5 Å². The SMILES string of the molecule is CN=C(NC1CC1c1cccc(Cl)c1)N(C)Cc1cnn(C)c1.I. The molecule has 1 aliphatic rings. The van der Waals surface area contributed by atoms with Crippen LogP contribution >= 0.6 is 35.6 Å². The van der Waals surface area contributed by atoms with E-state index in [1.807, 2.05) is 50.4 Å². The Bertz CT molecular complexity index is 715. The first-order valence-electron chi connectivity index (χ1n) is 7.74. The van der Waals surface area contributed by atoms with E-state index in [0.29, 0.717) is 12.0 Å². The summed E-state index contributed by atoms with van der Waals surface area (Å²) in [5.41, 5.74) is 2.46. The number of rotatable bonds is 4. The second kappa shape index (κ2) is 8.20. The van der Waals surface area contributed by atoms with Gasteiger partial charge in [0.1, 0.15) is 0 Å². The van der Waals surface area contributed by atoms with E-state index in [1.54, 1.807) is 0 Å². The zero-order chi connectivity index (χ0) is 16.4. The molecule has 1 fully saturated rings. The van der Waals surface area contributed by atoms with Crippen LogP contribution in [0.2, 0.25) is 5.02 Å². The van der Waals surface area contributed by atoms with Gasteiger partial charge in [-0.1, -0.05) is 23.7 Å². The van der Waals surface area contributed by atoms with Gasteiger partial charge < -0.3 is 10.2 Å². The molecule has 130 valence electrons. The molecule has 0 bridgehead atoms. The number of aromatic nitrogens is 2. The van der Waals surface area contributed by atoms with Crippen LogP contribution in [0.4, 0.5) is 0 Å². The third-order valence-electron chi connectivity index (χ3n) is 4.13. The fourth-order valence-electron chi connectivity index (χ4n) is 2.87. The number of aliphatic imine (C=N–C) groups is 1. The molecule has 1 aromatic heterocycles. The van der Waals surface area contributed by atoms with Crippen molar-refractivity contribution in [2.75, 3.05) is 14.1 Å². The quantitative estimate of drug-likeness (QED) is 0.434. The van der Waals surface area contributed by atoms with Crippen LogP contribution in [-0.4, -0.2) is 40.8 Å². The molecule has 1 aromatic carbocycles. The molecule has 1 aliphatic carbocycles. The van der Waals surface area contributed by atoms with Gasteiger partial charge in [0.25, 0.3) is 0 Å². The maximum Gasteiger partial charge on any atom is 0.193 e. The lowest BCUT2D eigenvalue weighted by atomic mass is 10.1. The fraction of sp³-hybridized carbons (Fsp3) is 0.412. The molecule has 1 N–H and O–H groups in total. The second-order valence-electron chi connectivity index (χ2n) is 6.07. The summed E-state index contributed by atoms with van der Waals surface area (Å²) in [4.78, 5) is 6.51. The molecule has 3 rings (SSSR count). The summed E-state index contributed by atoms with van der Waals surface area (Å²) in [5.74, 6) is 1.42. The highest BCUT2D eigenvalue weighted by Crippen LogP contribution is 2.41. The van der Waals surface area contributed by atoms with Gasteiger partial charge in [0.2, 0.25) is 0 Å². The van der Waals surface area contributed by atoms with Gasteiger partial charge in [-0.25, -0.2) is 0 Å². The van der Waals surface area contributed by atoms with Crippen LogP contribution in [0.3, 0.4) is 0 Å². The Hall–Kier alpha value is -1.28. The molecular weight excluding hydrogens is 437 g/mol. The first-order valence-corrected chi connectivity index (χ1v) is 8.12. The predicted octanol–water partition coefficient (Wildman–Crippen LogP) is 3.25. The molecule has 7 heteroatoms. The minimum Gasteiger partial charge on any atom is -0.353 e. The van der Waals surface area contributed by atoms with Gasteiger partial charge in [-0.3, -0.25) is 9.67 Å². The number of benzene rings is 1. The van der Waals surface area contributed by atoms with E-state index in [4.69, 9.17) is 11.6 Å². The van der Waals surface area contributed by atoms with E-state index < -0.39 is 0 Å². The highest BCUT2D eigenvalue weighted by atomic mass is 127. The number of nitrogens with zero attached hydrogens (tertiary/aromatic N) is 4. The summed E-state index contributed by atoms with van der Waals surface area (Å²) < 4.78 is 1.81. The van der Waals surface area contributed by atoms with Crippen molar-refractivity contribution >= 4 is 41.5 Å². The molecule has 5 nitrogen and oxygen atoms in total. The third-order valence-corrected chi connectivity index (χ3v) is 4.37. The molecule has 2 aromatic rings. The molecular formula is C17H23ClIN5. The van der Waals surface area contributed by atoms with Gasteiger partial charge in [0, 0.05) is 56.4 Å². The van der Waals surface area contributed by atoms with Gasteiger partial charge in [-0.05, 0) is 24.1 Å². The van der Waals surface area contributed by atoms with Gasteiger partial charge in [0.05, 0.1) is 6.20 Å². The van der Waals surface area contributed by atoms with Gasteiger partial charge in [0.15, 0.2) is 5.96 Å². The predicted molar refractivity (Wildman–Crippen MR) is 109 cm³/mol. The molecule has 0 aliphatic heterocycles. The van der Waals surface area contributed by atoms with Crippen LogP contribution in [0, 0.1) is 0 Å². The first kappa shape index (κ1) is 19.1. The van der Waals surface area contributed by atoms with E-state index in [-0.39, 0.29) is 24.0 Å². The van der Waals surface area contributed by atoms with Crippen molar-refractivity contribution < 1.29 is 0 Å². The second-order valence-corrected chi connectivity index (χ2v) is 6.51. The Balaban J connectivity index is 0.00000208.